The van der Waals surface area contributed by atoms with Gasteiger partial charge in [-0.25, -0.2) is 9.59 Å². The number of carbonyl (C=O) groups excluding carboxylic acids is 2. The summed E-state index contributed by atoms with van der Waals surface area (Å²) in [6.07, 6.45) is 11.5. The van der Waals surface area contributed by atoms with Gasteiger partial charge in [0.2, 0.25) is 0 Å². The van der Waals surface area contributed by atoms with Gasteiger partial charge in [-0.05, 0) is 79.7 Å². The van der Waals surface area contributed by atoms with Crippen LogP contribution in [0, 0.1) is 11.8 Å². The van der Waals surface area contributed by atoms with E-state index in [0.717, 1.165) is 54.0 Å². The molecule has 0 amide bonds. The average molecular weight is 601 g/mol. The third-order valence-corrected chi connectivity index (χ3v) is 12.5. The van der Waals surface area contributed by atoms with Crippen molar-refractivity contribution in [2.24, 2.45) is 11.8 Å². The fraction of sp³-hybridized carbons (Fsp3) is 0.657. The Morgan fingerprint density at radius 1 is 0.905 bits per heavy atom. The smallest absolute Gasteiger partial charge is 0.333 e. The van der Waals surface area contributed by atoms with Crippen molar-refractivity contribution >= 4 is 25.2 Å². The maximum atomic E-state index is 12.5. The molecule has 1 aliphatic rings. The second-order valence-corrected chi connectivity index (χ2v) is 17.9. The molecule has 0 aliphatic heterocycles. The van der Waals surface area contributed by atoms with Crippen molar-refractivity contribution in [3.63, 3.8) is 0 Å². The summed E-state index contributed by atoms with van der Waals surface area (Å²) >= 11 is 0. The van der Waals surface area contributed by atoms with Gasteiger partial charge in [-0.3, -0.25) is 0 Å². The molecular formula is C35H56O6Si. The van der Waals surface area contributed by atoms with Crippen LogP contribution in [0.1, 0.15) is 108 Å². The fourth-order valence-corrected chi connectivity index (χ4v) is 9.69. The van der Waals surface area contributed by atoms with E-state index in [1.807, 2.05) is 0 Å². The van der Waals surface area contributed by atoms with Crippen molar-refractivity contribution in [3.05, 3.63) is 53.1 Å². The zero-order valence-corrected chi connectivity index (χ0v) is 27.9. The number of ether oxygens (including phenoxy) is 2. The molecule has 2 rings (SSSR count). The molecule has 0 saturated heterocycles. The van der Waals surface area contributed by atoms with E-state index >= 15 is 0 Å². The van der Waals surface area contributed by atoms with Gasteiger partial charge >= 0.3 is 11.9 Å². The van der Waals surface area contributed by atoms with Crippen LogP contribution >= 0.6 is 0 Å². The van der Waals surface area contributed by atoms with Crippen LogP contribution in [0.25, 0.3) is 0 Å². The van der Waals surface area contributed by atoms with Crippen LogP contribution in [-0.4, -0.2) is 43.4 Å². The molecule has 0 atom stereocenters. The van der Waals surface area contributed by atoms with Gasteiger partial charge in [-0.2, -0.15) is 0 Å². The number of aliphatic hydroxyl groups excluding tert-OH is 2. The van der Waals surface area contributed by atoms with Crippen LogP contribution in [0.15, 0.2) is 36.4 Å². The van der Waals surface area contributed by atoms with E-state index in [4.69, 9.17) is 9.47 Å². The van der Waals surface area contributed by atoms with Gasteiger partial charge in [0.15, 0.2) is 0 Å². The summed E-state index contributed by atoms with van der Waals surface area (Å²) in [5.41, 5.74) is 3.94. The number of carbonyl (C=O) groups is 2. The Labute approximate surface area is 255 Å². The molecule has 1 aromatic carbocycles. The van der Waals surface area contributed by atoms with Crippen molar-refractivity contribution in [1.29, 1.82) is 0 Å². The lowest BCUT2D eigenvalue weighted by Gasteiger charge is -2.33. The molecule has 2 N–H and O–H groups in total. The molecule has 7 heteroatoms. The minimum absolute atomic E-state index is 0.0295. The molecule has 1 fully saturated rings. The molecule has 1 saturated carbocycles. The Morgan fingerprint density at radius 2 is 1.43 bits per heavy atom. The van der Waals surface area contributed by atoms with Gasteiger partial charge in [0.1, 0.15) is 13.2 Å². The van der Waals surface area contributed by atoms with Gasteiger partial charge in [0.25, 0.3) is 0 Å². The van der Waals surface area contributed by atoms with E-state index in [1.54, 1.807) is 13.8 Å². The van der Waals surface area contributed by atoms with Crippen LogP contribution in [0.5, 0.6) is 0 Å². The van der Waals surface area contributed by atoms with E-state index in [1.165, 1.54) is 44.1 Å². The number of esters is 2. The highest BCUT2D eigenvalue weighted by molar-refractivity contribution is 6.90. The highest BCUT2D eigenvalue weighted by atomic mass is 28.3. The minimum Gasteiger partial charge on any atom is -0.457 e. The van der Waals surface area contributed by atoms with Gasteiger partial charge in [-0.15, -0.1) is 0 Å². The van der Waals surface area contributed by atoms with E-state index in [2.05, 4.69) is 45.3 Å². The average Bonchev–Trinajstić information content (AvgIpc) is 2.96. The zero-order valence-electron chi connectivity index (χ0n) is 26.9. The van der Waals surface area contributed by atoms with E-state index < -0.39 is 20.0 Å². The first-order chi connectivity index (χ1) is 19.9. The predicted molar refractivity (Wildman–Crippen MR) is 173 cm³/mol. The highest BCUT2D eigenvalue weighted by Crippen LogP contribution is 2.39. The first-order valence-electron chi connectivity index (χ1n) is 16.0. The number of benzene rings is 1. The summed E-state index contributed by atoms with van der Waals surface area (Å²) in [6, 6.07) is 5.41. The SMILES string of the molecule is C=C(C)C(=O)OCc1cc(C2CCC(CCCCC)CC2)cc(COC(=O)C(=C)C)c1[Si](C)(C)CCCC(CO)CO. The largest absolute Gasteiger partial charge is 0.457 e. The maximum absolute atomic E-state index is 12.5. The van der Waals surface area contributed by atoms with Gasteiger partial charge < -0.3 is 19.7 Å². The normalized spacial score (nSPS) is 17.2. The van der Waals surface area contributed by atoms with E-state index in [9.17, 15) is 19.8 Å². The fourth-order valence-electron chi connectivity index (χ4n) is 6.33. The van der Waals surface area contributed by atoms with Crippen molar-refractivity contribution < 1.29 is 29.3 Å². The summed E-state index contributed by atoms with van der Waals surface area (Å²) < 4.78 is 11.5. The number of unbranched alkanes of at least 4 members (excludes halogenated alkanes) is 2. The van der Waals surface area contributed by atoms with Crippen molar-refractivity contribution in [2.45, 2.75) is 123 Å². The Bertz CT molecular complexity index is 999. The zero-order chi connectivity index (χ0) is 31.3. The number of hydrogen-bond donors (Lipinski definition) is 2. The monoisotopic (exact) mass is 600 g/mol. The third kappa shape index (κ3) is 11.1. The number of aliphatic hydroxyl groups is 2. The molecule has 0 radical (unpaired) electrons. The van der Waals surface area contributed by atoms with Crippen LogP contribution in [0.2, 0.25) is 19.1 Å². The number of rotatable bonds is 18. The van der Waals surface area contributed by atoms with Crippen LogP contribution < -0.4 is 5.19 Å². The summed E-state index contributed by atoms with van der Waals surface area (Å²) in [5, 5.41) is 20.3. The van der Waals surface area contributed by atoms with Crippen LogP contribution in [0.4, 0.5) is 0 Å². The lowest BCUT2D eigenvalue weighted by molar-refractivity contribution is -0.140. The number of hydrogen-bond acceptors (Lipinski definition) is 6. The van der Waals surface area contributed by atoms with E-state index in [-0.39, 0.29) is 32.3 Å². The molecule has 6 nitrogen and oxygen atoms in total. The molecule has 0 heterocycles. The Hall–Kier alpha value is -2.22. The van der Waals surface area contributed by atoms with Gasteiger partial charge in [0, 0.05) is 30.3 Å². The minimum atomic E-state index is -2.15. The van der Waals surface area contributed by atoms with Crippen molar-refractivity contribution in [1.82, 2.24) is 0 Å². The molecule has 0 aromatic heterocycles. The lowest BCUT2D eigenvalue weighted by Crippen LogP contribution is -2.46. The molecule has 1 aliphatic carbocycles. The highest BCUT2D eigenvalue weighted by Gasteiger charge is 2.32. The molecule has 236 valence electrons. The van der Waals surface area contributed by atoms with Gasteiger partial charge in [0.05, 0.1) is 8.07 Å². The standard InChI is InChI=1S/C35H56O6Si/c1-8-9-10-12-27-14-16-29(17-15-27)30-19-31(23-40-34(38)25(2)3)33(32(20-30)24-41-35(39)26(4)5)42(6,7)18-11-13-28(21-36)22-37/h19-20,27-29,36-37H,2,4,8-18,21-24H2,1,3,5-7H3. The molecule has 0 spiro atoms. The summed E-state index contributed by atoms with van der Waals surface area (Å²) in [5.74, 6) is 0.269. The quantitative estimate of drug-likeness (QED) is 0.0810. The predicted octanol–water partition coefficient (Wildman–Crippen LogP) is 7.08. The Kier molecular flexibility index (Phi) is 15.2. The summed E-state index contributed by atoms with van der Waals surface area (Å²) in [6.45, 7) is 17.9. The molecule has 42 heavy (non-hydrogen) atoms. The first kappa shape index (κ1) is 36.0. The molecule has 0 bridgehead atoms. The second-order valence-electron chi connectivity index (χ2n) is 13.1. The third-order valence-electron chi connectivity index (χ3n) is 8.88. The molecule has 1 aromatic rings. The Morgan fingerprint density at radius 3 is 1.88 bits per heavy atom. The molecular weight excluding hydrogens is 544 g/mol. The summed E-state index contributed by atoms with van der Waals surface area (Å²) in [4.78, 5) is 24.9. The van der Waals surface area contributed by atoms with Gasteiger partial charge in [-0.1, -0.05) is 83.5 Å². The lowest BCUT2D eigenvalue weighted by atomic mass is 9.76. The van der Waals surface area contributed by atoms with Crippen LogP contribution in [-0.2, 0) is 32.3 Å². The Balaban J connectivity index is 2.47. The summed E-state index contributed by atoms with van der Waals surface area (Å²) in [7, 11) is -2.15. The van der Waals surface area contributed by atoms with Crippen molar-refractivity contribution in [2.75, 3.05) is 13.2 Å². The topological polar surface area (TPSA) is 93.1 Å². The first-order valence-corrected chi connectivity index (χ1v) is 19.2. The van der Waals surface area contributed by atoms with E-state index in [0.29, 0.717) is 17.1 Å². The maximum Gasteiger partial charge on any atom is 0.333 e. The van der Waals surface area contributed by atoms with Crippen molar-refractivity contribution in [3.8, 4) is 0 Å². The van der Waals surface area contributed by atoms with Crippen LogP contribution in [0.3, 0.4) is 0 Å². The molecule has 0 unspecified atom stereocenters. The second kappa shape index (κ2) is 17.8.